The number of rotatable bonds is 6. The van der Waals surface area contributed by atoms with E-state index < -0.39 is 0 Å². The summed E-state index contributed by atoms with van der Waals surface area (Å²) < 4.78 is 0. The van der Waals surface area contributed by atoms with Crippen molar-refractivity contribution >= 4 is 39.9 Å². The molecular formula is C26H25N3O3. The highest BCUT2D eigenvalue weighted by atomic mass is 16.2. The standard InChI is InChI=1S/C26H25N3O3/c30-23(27-21-12-1-2-13-22(21)28-15-3-4-16-28)14-7-17-29-25(31)19-10-5-8-18-9-6-11-20(24(18)19)26(29)32/h1-2,5-6,8-13H,3-4,7,14-17H2,(H,27,30). The summed E-state index contributed by atoms with van der Waals surface area (Å²) in [6.45, 7) is 2.21. The number of hydrogen-bond donors (Lipinski definition) is 1. The number of imide groups is 1. The number of hydrogen-bond acceptors (Lipinski definition) is 4. The fraction of sp³-hybridized carbons (Fsp3) is 0.269. The van der Waals surface area contributed by atoms with E-state index in [1.165, 1.54) is 4.90 Å². The molecule has 0 radical (unpaired) electrons. The summed E-state index contributed by atoms with van der Waals surface area (Å²) in [4.78, 5) is 42.1. The summed E-state index contributed by atoms with van der Waals surface area (Å²) in [5, 5.41) is 4.62. The highest BCUT2D eigenvalue weighted by molar-refractivity contribution is 6.25. The van der Waals surface area contributed by atoms with Gasteiger partial charge >= 0.3 is 0 Å². The summed E-state index contributed by atoms with van der Waals surface area (Å²) in [7, 11) is 0. The molecule has 2 heterocycles. The quantitative estimate of drug-likeness (QED) is 0.590. The van der Waals surface area contributed by atoms with Crippen LogP contribution in [-0.2, 0) is 4.79 Å². The molecule has 0 atom stereocenters. The second kappa shape index (κ2) is 8.46. The first-order valence-electron chi connectivity index (χ1n) is 11.2. The molecule has 2 aliphatic rings. The molecule has 3 amide bonds. The largest absolute Gasteiger partial charge is 0.370 e. The number of nitrogens with one attached hydrogen (secondary N) is 1. The van der Waals surface area contributed by atoms with Crippen LogP contribution in [0.2, 0.25) is 0 Å². The van der Waals surface area contributed by atoms with E-state index in [-0.39, 0.29) is 30.7 Å². The van der Waals surface area contributed by atoms with Gasteiger partial charge in [0.15, 0.2) is 0 Å². The molecule has 0 aliphatic carbocycles. The third kappa shape index (κ3) is 3.62. The van der Waals surface area contributed by atoms with Crippen molar-refractivity contribution in [2.75, 3.05) is 29.9 Å². The molecule has 0 saturated carbocycles. The zero-order valence-electron chi connectivity index (χ0n) is 17.8. The molecule has 0 aromatic heterocycles. The number of carbonyl (C=O) groups excluding carboxylic acids is 3. The van der Waals surface area contributed by atoms with Gasteiger partial charge in [0.05, 0.1) is 11.4 Å². The molecule has 2 aliphatic heterocycles. The van der Waals surface area contributed by atoms with Crippen molar-refractivity contribution in [2.45, 2.75) is 25.7 Å². The second-order valence-corrected chi connectivity index (χ2v) is 8.33. The molecular weight excluding hydrogens is 402 g/mol. The lowest BCUT2D eigenvalue weighted by Gasteiger charge is -2.27. The van der Waals surface area contributed by atoms with Crippen LogP contribution in [0.15, 0.2) is 60.7 Å². The lowest BCUT2D eigenvalue weighted by Crippen LogP contribution is -2.41. The normalized spacial score (nSPS) is 15.5. The Kier molecular flexibility index (Phi) is 5.35. The van der Waals surface area contributed by atoms with Crippen molar-refractivity contribution in [2.24, 2.45) is 0 Å². The van der Waals surface area contributed by atoms with Crippen molar-refractivity contribution < 1.29 is 14.4 Å². The van der Waals surface area contributed by atoms with Crippen molar-refractivity contribution in [3.63, 3.8) is 0 Å². The van der Waals surface area contributed by atoms with E-state index in [1.807, 2.05) is 48.5 Å². The molecule has 1 N–H and O–H groups in total. The molecule has 5 rings (SSSR count). The van der Waals surface area contributed by atoms with Gasteiger partial charge in [0, 0.05) is 42.6 Å². The van der Waals surface area contributed by atoms with E-state index in [1.54, 1.807) is 12.1 Å². The lowest BCUT2D eigenvalue weighted by atomic mass is 9.94. The Morgan fingerprint density at radius 3 is 2.19 bits per heavy atom. The Hall–Kier alpha value is -3.67. The third-order valence-electron chi connectivity index (χ3n) is 6.27. The maximum Gasteiger partial charge on any atom is 0.261 e. The number of anilines is 2. The van der Waals surface area contributed by atoms with Crippen LogP contribution in [0.5, 0.6) is 0 Å². The zero-order chi connectivity index (χ0) is 22.1. The molecule has 0 bridgehead atoms. The Morgan fingerprint density at radius 2 is 1.50 bits per heavy atom. The van der Waals surface area contributed by atoms with E-state index >= 15 is 0 Å². The Morgan fingerprint density at radius 1 is 0.844 bits per heavy atom. The minimum absolute atomic E-state index is 0.115. The van der Waals surface area contributed by atoms with Crippen molar-refractivity contribution in [3.05, 3.63) is 71.8 Å². The van der Waals surface area contributed by atoms with Crippen LogP contribution in [0.3, 0.4) is 0 Å². The maximum absolute atomic E-state index is 13.0. The van der Waals surface area contributed by atoms with Crippen molar-refractivity contribution in [1.29, 1.82) is 0 Å². The first kappa shape index (κ1) is 20.2. The van der Waals surface area contributed by atoms with Gasteiger partial charge in [0.1, 0.15) is 0 Å². The van der Waals surface area contributed by atoms with Crippen LogP contribution in [0.1, 0.15) is 46.4 Å². The molecule has 162 valence electrons. The third-order valence-corrected chi connectivity index (χ3v) is 6.27. The Bertz CT molecular complexity index is 1160. The predicted molar refractivity (Wildman–Crippen MR) is 125 cm³/mol. The van der Waals surface area contributed by atoms with Crippen LogP contribution >= 0.6 is 0 Å². The van der Waals surface area contributed by atoms with Gasteiger partial charge in [0.2, 0.25) is 5.91 Å². The summed E-state index contributed by atoms with van der Waals surface area (Å²) in [5.74, 6) is -0.700. The highest BCUT2D eigenvalue weighted by Crippen LogP contribution is 2.31. The van der Waals surface area contributed by atoms with E-state index in [4.69, 9.17) is 0 Å². The molecule has 1 saturated heterocycles. The van der Waals surface area contributed by atoms with Crippen LogP contribution in [0, 0.1) is 0 Å². The van der Waals surface area contributed by atoms with Gasteiger partial charge in [-0.2, -0.15) is 0 Å². The number of para-hydroxylation sites is 2. The zero-order valence-corrected chi connectivity index (χ0v) is 17.8. The molecule has 1 fully saturated rings. The van der Waals surface area contributed by atoms with E-state index in [0.29, 0.717) is 17.5 Å². The van der Waals surface area contributed by atoms with E-state index in [0.717, 1.165) is 48.1 Å². The first-order valence-corrected chi connectivity index (χ1v) is 11.2. The average molecular weight is 428 g/mol. The summed E-state index contributed by atoms with van der Waals surface area (Å²) >= 11 is 0. The van der Waals surface area contributed by atoms with Crippen molar-refractivity contribution in [1.82, 2.24) is 4.90 Å². The lowest BCUT2D eigenvalue weighted by molar-refractivity contribution is -0.116. The average Bonchev–Trinajstić information content (AvgIpc) is 3.35. The second-order valence-electron chi connectivity index (χ2n) is 8.33. The van der Waals surface area contributed by atoms with Gasteiger partial charge < -0.3 is 10.2 Å². The fourth-order valence-electron chi connectivity index (χ4n) is 4.71. The van der Waals surface area contributed by atoms with Gasteiger partial charge in [-0.15, -0.1) is 0 Å². The monoisotopic (exact) mass is 427 g/mol. The van der Waals surface area contributed by atoms with Gasteiger partial charge in [-0.3, -0.25) is 19.3 Å². The summed E-state index contributed by atoms with van der Waals surface area (Å²) in [5.41, 5.74) is 2.94. The van der Waals surface area contributed by atoms with Gasteiger partial charge in [-0.25, -0.2) is 0 Å². The summed E-state index contributed by atoms with van der Waals surface area (Å²) in [6, 6.07) is 18.8. The first-order chi connectivity index (χ1) is 15.6. The van der Waals surface area contributed by atoms with E-state index in [9.17, 15) is 14.4 Å². The minimum atomic E-state index is -0.293. The predicted octanol–water partition coefficient (Wildman–Crippen LogP) is 4.45. The van der Waals surface area contributed by atoms with E-state index in [2.05, 4.69) is 10.2 Å². The SMILES string of the molecule is O=C(CCCN1C(=O)c2cccc3cccc(c23)C1=O)Nc1ccccc1N1CCCC1. The van der Waals surface area contributed by atoms with Gasteiger partial charge in [-0.1, -0.05) is 36.4 Å². The smallest absolute Gasteiger partial charge is 0.261 e. The topological polar surface area (TPSA) is 69.7 Å². The molecule has 6 heteroatoms. The highest BCUT2D eigenvalue weighted by Gasteiger charge is 2.32. The van der Waals surface area contributed by atoms with Gasteiger partial charge in [0.25, 0.3) is 11.8 Å². The van der Waals surface area contributed by atoms with Crippen LogP contribution in [0.4, 0.5) is 11.4 Å². The fourth-order valence-corrected chi connectivity index (χ4v) is 4.71. The number of benzene rings is 3. The molecule has 0 spiro atoms. The molecule has 0 unspecified atom stereocenters. The maximum atomic E-state index is 13.0. The van der Waals surface area contributed by atoms with Crippen molar-refractivity contribution in [3.8, 4) is 0 Å². The molecule has 32 heavy (non-hydrogen) atoms. The molecule has 3 aromatic rings. The summed E-state index contributed by atoms with van der Waals surface area (Å²) in [6.07, 6.45) is 2.97. The van der Waals surface area contributed by atoms with Gasteiger partial charge in [-0.05, 0) is 48.9 Å². The van der Waals surface area contributed by atoms with Crippen LogP contribution in [0.25, 0.3) is 10.8 Å². The Labute approximate surface area is 186 Å². The number of amides is 3. The Balaban J connectivity index is 1.24. The number of nitrogens with zero attached hydrogens (tertiary/aromatic N) is 2. The van der Waals surface area contributed by atoms with Crippen LogP contribution < -0.4 is 10.2 Å². The number of carbonyl (C=O) groups is 3. The minimum Gasteiger partial charge on any atom is -0.370 e. The molecule has 3 aromatic carbocycles. The van der Waals surface area contributed by atoms with Crippen LogP contribution in [-0.4, -0.2) is 42.3 Å². The molecule has 6 nitrogen and oxygen atoms in total.